The molecule has 0 amide bonds. The Bertz CT molecular complexity index is 679. The smallest absolute Gasteiger partial charge is 0.138 e. The second-order valence-electron chi connectivity index (χ2n) is 4.77. The highest BCUT2D eigenvalue weighted by Crippen LogP contribution is 2.27. The summed E-state index contributed by atoms with van der Waals surface area (Å²) in [6.07, 6.45) is 0. The second kappa shape index (κ2) is 9.08. The molecule has 0 unspecified atom stereocenters. The van der Waals surface area contributed by atoms with Gasteiger partial charge in [-0.2, -0.15) is 0 Å². The molecule has 0 saturated carbocycles. The quantitative estimate of drug-likeness (QED) is 0.575. The van der Waals surface area contributed by atoms with Crippen molar-refractivity contribution in [3.8, 4) is 5.75 Å². The molecule has 0 spiro atoms. The fraction of sp³-hybridized carbons (Fsp3) is 0.235. The molecule has 2 aromatic rings. The molecule has 1 N–H and O–H groups in total. The minimum Gasteiger partial charge on any atom is -0.487 e. The number of nitrogens with one attached hydrogen (secondary N) is 1. The molecular weight excluding hydrogens is 353 g/mol. The van der Waals surface area contributed by atoms with Gasteiger partial charge in [-0.15, -0.1) is 0 Å². The molecule has 0 saturated heterocycles. The monoisotopic (exact) mass is 369 g/mol. The van der Waals surface area contributed by atoms with Crippen molar-refractivity contribution in [1.29, 1.82) is 0 Å². The van der Waals surface area contributed by atoms with Crippen molar-refractivity contribution < 1.29 is 9.47 Å². The summed E-state index contributed by atoms with van der Waals surface area (Å²) in [4.78, 5) is 0.626. The van der Waals surface area contributed by atoms with E-state index in [9.17, 15) is 0 Å². The van der Waals surface area contributed by atoms with Crippen LogP contribution in [0.2, 0.25) is 10.0 Å². The summed E-state index contributed by atoms with van der Waals surface area (Å²) >= 11 is 17.7. The zero-order valence-electron chi connectivity index (χ0n) is 12.6. The van der Waals surface area contributed by atoms with Crippen molar-refractivity contribution in [2.45, 2.75) is 6.61 Å². The Hall–Kier alpha value is -1.33. The molecule has 0 aliphatic carbocycles. The molecule has 0 aliphatic heterocycles. The van der Waals surface area contributed by atoms with Crippen LogP contribution in [0.25, 0.3) is 0 Å². The van der Waals surface area contributed by atoms with E-state index in [1.54, 1.807) is 19.2 Å². The highest BCUT2D eigenvalue weighted by atomic mass is 35.5. The zero-order valence-corrected chi connectivity index (χ0v) is 15.0. The van der Waals surface area contributed by atoms with E-state index >= 15 is 0 Å². The minimum atomic E-state index is 0.356. The van der Waals surface area contributed by atoms with Crippen molar-refractivity contribution in [3.63, 3.8) is 0 Å². The summed E-state index contributed by atoms with van der Waals surface area (Å²) in [5.41, 5.74) is 1.75. The van der Waals surface area contributed by atoms with Gasteiger partial charge in [0.2, 0.25) is 0 Å². The summed E-state index contributed by atoms with van der Waals surface area (Å²) < 4.78 is 10.7. The first-order valence-corrected chi connectivity index (χ1v) is 8.21. The van der Waals surface area contributed by atoms with E-state index in [-0.39, 0.29) is 0 Å². The fourth-order valence-corrected chi connectivity index (χ4v) is 2.55. The Balaban J connectivity index is 1.99. The Morgan fingerprint density at radius 3 is 2.61 bits per heavy atom. The van der Waals surface area contributed by atoms with Gasteiger partial charge < -0.3 is 14.8 Å². The van der Waals surface area contributed by atoms with Gasteiger partial charge in [0.1, 0.15) is 17.3 Å². The van der Waals surface area contributed by atoms with Crippen LogP contribution < -0.4 is 10.1 Å². The Labute approximate surface area is 151 Å². The van der Waals surface area contributed by atoms with E-state index in [1.165, 1.54) is 0 Å². The maximum atomic E-state index is 6.27. The van der Waals surface area contributed by atoms with Crippen LogP contribution in [-0.4, -0.2) is 25.2 Å². The van der Waals surface area contributed by atoms with Gasteiger partial charge in [0.05, 0.1) is 11.6 Å². The fourth-order valence-electron chi connectivity index (χ4n) is 1.90. The molecule has 0 aliphatic rings. The molecule has 3 nitrogen and oxygen atoms in total. The standard InChI is InChI=1S/C17H17Cl2NO2S/c1-21-9-8-20-17(23)12-6-7-16(15(19)10-12)22-11-13-4-2-3-5-14(13)18/h2-7,10H,8-9,11H2,1H3,(H,20,23). The second-order valence-corrected chi connectivity index (χ2v) is 6.00. The lowest BCUT2D eigenvalue weighted by atomic mass is 10.2. The van der Waals surface area contributed by atoms with Gasteiger partial charge in [-0.25, -0.2) is 0 Å². The number of benzene rings is 2. The van der Waals surface area contributed by atoms with Gasteiger partial charge >= 0.3 is 0 Å². The lowest BCUT2D eigenvalue weighted by molar-refractivity contribution is 0.204. The van der Waals surface area contributed by atoms with Gasteiger partial charge in [-0.1, -0.05) is 53.6 Å². The van der Waals surface area contributed by atoms with Crippen LogP contribution in [0.1, 0.15) is 11.1 Å². The topological polar surface area (TPSA) is 30.5 Å². The van der Waals surface area contributed by atoms with Gasteiger partial charge in [-0.3, -0.25) is 0 Å². The largest absolute Gasteiger partial charge is 0.487 e. The van der Waals surface area contributed by atoms with Crippen molar-refractivity contribution in [3.05, 3.63) is 63.6 Å². The Morgan fingerprint density at radius 2 is 1.91 bits per heavy atom. The zero-order chi connectivity index (χ0) is 16.7. The van der Waals surface area contributed by atoms with Crippen LogP contribution in [0.15, 0.2) is 42.5 Å². The number of rotatable bonds is 7. The van der Waals surface area contributed by atoms with E-state index in [2.05, 4.69) is 5.32 Å². The first-order chi connectivity index (χ1) is 11.1. The molecule has 0 fully saturated rings. The lowest BCUT2D eigenvalue weighted by Gasteiger charge is -2.12. The molecule has 122 valence electrons. The average molecular weight is 370 g/mol. The number of methoxy groups -OCH3 is 1. The number of hydrogen-bond donors (Lipinski definition) is 1. The van der Waals surface area contributed by atoms with E-state index in [1.807, 2.05) is 30.3 Å². The first kappa shape index (κ1) is 18.0. The maximum Gasteiger partial charge on any atom is 0.138 e. The van der Waals surface area contributed by atoms with Crippen molar-refractivity contribution >= 4 is 40.4 Å². The van der Waals surface area contributed by atoms with Crippen LogP contribution in [0.5, 0.6) is 5.75 Å². The van der Waals surface area contributed by atoms with E-state index in [4.69, 9.17) is 44.9 Å². The van der Waals surface area contributed by atoms with E-state index in [0.29, 0.717) is 40.5 Å². The summed E-state index contributed by atoms with van der Waals surface area (Å²) in [6, 6.07) is 13.0. The predicted molar refractivity (Wildman–Crippen MR) is 98.8 cm³/mol. The lowest BCUT2D eigenvalue weighted by Crippen LogP contribution is -2.25. The Morgan fingerprint density at radius 1 is 1.13 bits per heavy atom. The third kappa shape index (κ3) is 5.36. The molecule has 0 bridgehead atoms. The number of hydrogen-bond acceptors (Lipinski definition) is 3. The van der Waals surface area contributed by atoms with Gasteiger partial charge in [0, 0.05) is 29.8 Å². The molecule has 6 heteroatoms. The number of thiocarbonyl (C=S) groups is 1. The summed E-state index contributed by atoms with van der Waals surface area (Å²) in [5.74, 6) is 0.593. The Kier molecular flexibility index (Phi) is 7.12. The van der Waals surface area contributed by atoms with Crippen LogP contribution in [-0.2, 0) is 11.3 Å². The predicted octanol–water partition coefficient (Wildman–Crippen LogP) is 4.48. The molecule has 0 radical (unpaired) electrons. The molecule has 2 rings (SSSR count). The van der Waals surface area contributed by atoms with E-state index < -0.39 is 0 Å². The third-order valence-corrected chi connectivity index (χ3v) is 4.17. The SMILES string of the molecule is COCCNC(=S)c1ccc(OCc2ccccc2Cl)c(Cl)c1. The summed E-state index contributed by atoms with van der Waals surface area (Å²) in [6.45, 7) is 1.60. The summed E-state index contributed by atoms with van der Waals surface area (Å²) in [5, 5.41) is 4.28. The van der Waals surface area contributed by atoms with Crippen LogP contribution >= 0.6 is 35.4 Å². The van der Waals surface area contributed by atoms with Gasteiger partial charge in [0.15, 0.2) is 0 Å². The normalized spacial score (nSPS) is 10.4. The van der Waals surface area contributed by atoms with E-state index in [0.717, 1.165) is 11.1 Å². The van der Waals surface area contributed by atoms with Gasteiger partial charge in [0.25, 0.3) is 0 Å². The van der Waals surface area contributed by atoms with Crippen molar-refractivity contribution in [2.75, 3.05) is 20.3 Å². The molecular formula is C17H17Cl2NO2S. The molecule has 0 heterocycles. The van der Waals surface area contributed by atoms with Crippen LogP contribution in [0.4, 0.5) is 0 Å². The van der Waals surface area contributed by atoms with Crippen molar-refractivity contribution in [2.24, 2.45) is 0 Å². The molecule has 23 heavy (non-hydrogen) atoms. The maximum absolute atomic E-state index is 6.27. The molecule has 0 aromatic heterocycles. The highest BCUT2D eigenvalue weighted by molar-refractivity contribution is 7.80. The van der Waals surface area contributed by atoms with Crippen molar-refractivity contribution in [1.82, 2.24) is 5.32 Å². The molecule has 0 atom stereocenters. The summed E-state index contributed by atoms with van der Waals surface area (Å²) in [7, 11) is 1.65. The van der Waals surface area contributed by atoms with Gasteiger partial charge in [-0.05, 0) is 24.3 Å². The first-order valence-electron chi connectivity index (χ1n) is 7.04. The number of halogens is 2. The minimum absolute atomic E-state index is 0.356. The highest BCUT2D eigenvalue weighted by Gasteiger charge is 2.08. The third-order valence-electron chi connectivity index (χ3n) is 3.13. The average Bonchev–Trinajstić information content (AvgIpc) is 2.55. The van der Waals surface area contributed by atoms with Crippen LogP contribution in [0, 0.1) is 0 Å². The molecule has 2 aromatic carbocycles. The number of ether oxygens (including phenoxy) is 2. The van der Waals surface area contributed by atoms with Crippen LogP contribution in [0.3, 0.4) is 0 Å².